The van der Waals surface area contributed by atoms with Gasteiger partial charge in [-0.3, -0.25) is 9.59 Å². The van der Waals surface area contributed by atoms with E-state index in [9.17, 15) is 9.59 Å². The number of thiocarbonyl (C=S) groups is 1. The van der Waals surface area contributed by atoms with Crippen molar-refractivity contribution in [3.8, 4) is 0 Å². The predicted octanol–water partition coefficient (Wildman–Crippen LogP) is 3.28. The fourth-order valence-corrected chi connectivity index (χ4v) is 4.11. The summed E-state index contributed by atoms with van der Waals surface area (Å²) in [6.45, 7) is 3.18. The van der Waals surface area contributed by atoms with Crippen molar-refractivity contribution in [2.75, 3.05) is 38.5 Å². The second-order valence-electron chi connectivity index (χ2n) is 7.99. The van der Waals surface area contributed by atoms with Gasteiger partial charge in [-0.2, -0.15) is 0 Å². The SMILES string of the molecule is CN1CCN(C(=O)c2cccc(NC(=S)NC(=O)Cc3cccc4ccccc34)c2)CC1. The smallest absolute Gasteiger partial charge is 0.254 e. The van der Waals surface area contributed by atoms with Crippen LogP contribution in [0.5, 0.6) is 0 Å². The highest BCUT2D eigenvalue weighted by Gasteiger charge is 2.20. The number of anilines is 1. The molecule has 32 heavy (non-hydrogen) atoms. The molecule has 0 spiro atoms. The van der Waals surface area contributed by atoms with Crippen molar-refractivity contribution in [1.29, 1.82) is 0 Å². The first-order valence-electron chi connectivity index (χ1n) is 10.6. The van der Waals surface area contributed by atoms with Crippen molar-refractivity contribution in [1.82, 2.24) is 15.1 Å². The van der Waals surface area contributed by atoms with Crippen LogP contribution in [0.4, 0.5) is 5.69 Å². The van der Waals surface area contributed by atoms with Gasteiger partial charge in [-0.15, -0.1) is 0 Å². The van der Waals surface area contributed by atoms with Gasteiger partial charge in [0, 0.05) is 37.4 Å². The Bertz CT molecular complexity index is 1150. The standard InChI is InChI=1S/C25H26N4O2S/c1-28-12-14-29(15-13-28)24(31)20-9-5-10-21(16-20)26-25(32)27-23(30)17-19-8-4-7-18-6-2-3-11-22(18)19/h2-11,16H,12-15,17H2,1H3,(H2,26,27,30,32). The van der Waals surface area contributed by atoms with Crippen molar-refractivity contribution in [3.63, 3.8) is 0 Å². The molecular weight excluding hydrogens is 420 g/mol. The molecule has 7 heteroatoms. The lowest BCUT2D eigenvalue weighted by Crippen LogP contribution is -2.47. The van der Waals surface area contributed by atoms with Crippen LogP contribution in [0.1, 0.15) is 15.9 Å². The number of fused-ring (bicyclic) bond motifs is 1. The minimum Gasteiger partial charge on any atom is -0.336 e. The van der Waals surface area contributed by atoms with Crippen molar-refractivity contribution < 1.29 is 9.59 Å². The Hall–Kier alpha value is -3.29. The Balaban J connectivity index is 1.36. The zero-order chi connectivity index (χ0) is 22.5. The topological polar surface area (TPSA) is 64.7 Å². The number of carbonyl (C=O) groups excluding carboxylic acids is 2. The van der Waals surface area contributed by atoms with E-state index >= 15 is 0 Å². The molecule has 0 saturated carbocycles. The minimum atomic E-state index is -0.191. The fourth-order valence-electron chi connectivity index (χ4n) is 3.87. The molecule has 3 aromatic rings. The van der Waals surface area contributed by atoms with Gasteiger partial charge in [-0.25, -0.2) is 0 Å². The summed E-state index contributed by atoms with van der Waals surface area (Å²) in [5.41, 5.74) is 2.22. The summed E-state index contributed by atoms with van der Waals surface area (Å²) in [6.07, 6.45) is 0.227. The van der Waals surface area contributed by atoms with Crippen molar-refractivity contribution in [2.45, 2.75) is 6.42 Å². The molecule has 0 unspecified atom stereocenters. The molecule has 2 amide bonds. The minimum absolute atomic E-state index is 0.00709. The first-order chi connectivity index (χ1) is 15.5. The van der Waals surface area contributed by atoms with E-state index in [0.717, 1.165) is 42.5 Å². The highest BCUT2D eigenvalue weighted by Crippen LogP contribution is 2.19. The normalized spacial score (nSPS) is 14.2. The molecule has 1 aliphatic rings. The number of piperazine rings is 1. The van der Waals surface area contributed by atoms with Gasteiger partial charge in [0.05, 0.1) is 6.42 Å². The summed E-state index contributed by atoms with van der Waals surface area (Å²) in [6, 6.07) is 21.1. The Kier molecular flexibility index (Phi) is 6.78. The molecule has 2 N–H and O–H groups in total. The molecule has 0 atom stereocenters. The van der Waals surface area contributed by atoms with E-state index in [1.54, 1.807) is 12.1 Å². The highest BCUT2D eigenvalue weighted by molar-refractivity contribution is 7.80. The van der Waals surface area contributed by atoms with Gasteiger partial charge in [-0.1, -0.05) is 48.5 Å². The summed E-state index contributed by atoms with van der Waals surface area (Å²) in [5, 5.41) is 8.12. The summed E-state index contributed by atoms with van der Waals surface area (Å²) in [5.74, 6) is -0.184. The predicted molar refractivity (Wildman–Crippen MR) is 132 cm³/mol. The number of carbonyl (C=O) groups is 2. The van der Waals surface area contributed by atoms with Gasteiger partial charge in [0.25, 0.3) is 5.91 Å². The van der Waals surface area contributed by atoms with Crippen LogP contribution in [-0.4, -0.2) is 60.0 Å². The molecule has 1 fully saturated rings. The first kappa shape index (κ1) is 21.9. The molecular formula is C25H26N4O2S. The van der Waals surface area contributed by atoms with Crippen LogP contribution in [0.25, 0.3) is 10.8 Å². The van der Waals surface area contributed by atoms with Crippen LogP contribution in [0.15, 0.2) is 66.7 Å². The van der Waals surface area contributed by atoms with E-state index in [0.29, 0.717) is 11.3 Å². The molecule has 0 aromatic heterocycles. The lowest BCUT2D eigenvalue weighted by Gasteiger charge is -2.32. The summed E-state index contributed by atoms with van der Waals surface area (Å²) in [4.78, 5) is 29.4. The molecule has 1 heterocycles. The summed E-state index contributed by atoms with van der Waals surface area (Å²) < 4.78 is 0. The molecule has 3 aromatic carbocycles. The second-order valence-corrected chi connectivity index (χ2v) is 8.40. The Morgan fingerprint density at radius 1 is 0.938 bits per heavy atom. The number of nitrogens with zero attached hydrogens (tertiary/aromatic N) is 2. The third-order valence-electron chi connectivity index (χ3n) is 5.64. The van der Waals surface area contributed by atoms with Gasteiger partial charge in [0.2, 0.25) is 5.91 Å². The maximum Gasteiger partial charge on any atom is 0.254 e. The lowest BCUT2D eigenvalue weighted by molar-refractivity contribution is -0.119. The van der Waals surface area contributed by atoms with E-state index in [-0.39, 0.29) is 23.3 Å². The number of nitrogens with one attached hydrogen (secondary N) is 2. The van der Waals surface area contributed by atoms with Crippen molar-refractivity contribution in [2.24, 2.45) is 0 Å². The van der Waals surface area contributed by atoms with Crippen LogP contribution in [0, 0.1) is 0 Å². The zero-order valence-corrected chi connectivity index (χ0v) is 18.8. The van der Waals surface area contributed by atoms with Crippen LogP contribution in [0.3, 0.4) is 0 Å². The van der Waals surface area contributed by atoms with E-state index in [1.807, 2.05) is 59.5 Å². The molecule has 0 aliphatic carbocycles. The van der Waals surface area contributed by atoms with Gasteiger partial charge >= 0.3 is 0 Å². The molecule has 1 aliphatic heterocycles. The molecule has 0 bridgehead atoms. The quantitative estimate of drug-likeness (QED) is 0.602. The van der Waals surface area contributed by atoms with E-state index in [4.69, 9.17) is 12.2 Å². The number of likely N-dealkylation sites (N-methyl/N-ethyl adjacent to an activating group) is 1. The first-order valence-corrected chi connectivity index (χ1v) is 11.1. The summed E-state index contributed by atoms with van der Waals surface area (Å²) >= 11 is 5.33. The maximum absolute atomic E-state index is 12.8. The third-order valence-corrected chi connectivity index (χ3v) is 5.85. The average molecular weight is 447 g/mol. The summed E-state index contributed by atoms with van der Waals surface area (Å²) in [7, 11) is 2.06. The molecule has 6 nitrogen and oxygen atoms in total. The van der Waals surface area contributed by atoms with Crippen molar-refractivity contribution >= 4 is 45.6 Å². The van der Waals surface area contributed by atoms with Crippen LogP contribution >= 0.6 is 12.2 Å². The number of hydrogen-bond donors (Lipinski definition) is 2. The number of hydrogen-bond acceptors (Lipinski definition) is 4. The van der Waals surface area contributed by atoms with E-state index in [1.165, 1.54) is 0 Å². The van der Waals surface area contributed by atoms with Crippen LogP contribution < -0.4 is 10.6 Å². The maximum atomic E-state index is 12.8. The average Bonchev–Trinajstić information content (AvgIpc) is 2.79. The molecule has 1 saturated heterocycles. The second kappa shape index (κ2) is 9.89. The fraction of sp³-hybridized carbons (Fsp3) is 0.240. The van der Waals surface area contributed by atoms with Crippen LogP contribution in [0.2, 0.25) is 0 Å². The van der Waals surface area contributed by atoms with Gasteiger partial charge in [0.15, 0.2) is 5.11 Å². The Morgan fingerprint density at radius 3 is 2.47 bits per heavy atom. The number of benzene rings is 3. The number of amides is 2. The largest absolute Gasteiger partial charge is 0.336 e. The van der Waals surface area contributed by atoms with Gasteiger partial charge in [0.1, 0.15) is 0 Å². The van der Waals surface area contributed by atoms with Crippen molar-refractivity contribution in [3.05, 3.63) is 77.9 Å². The number of rotatable bonds is 4. The molecule has 0 radical (unpaired) electrons. The lowest BCUT2D eigenvalue weighted by atomic mass is 10.0. The Labute approximate surface area is 193 Å². The van der Waals surface area contributed by atoms with Gasteiger partial charge < -0.3 is 20.4 Å². The molecule has 164 valence electrons. The van der Waals surface area contributed by atoms with E-state index < -0.39 is 0 Å². The van der Waals surface area contributed by atoms with E-state index in [2.05, 4.69) is 22.6 Å². The zero-order valence-electron chi connectivity index (χ0n) is 18.0. The Morgan fingerprint density at radius 2 is 1.66 bits per heavy atom. The third kappa shape index (κ3) is 5.30. The monoisotopic (exact) mass is 446 g/mol. The van der Waals surface area contributed by atoms with Crippen LogP contribution in [-0.2, 0) is 11.2 Å². The van der Waals surface area contributed by atoms with Gasteiger partial charge in [-0.05, 0) is 53.8 Å². The highest BCUT2D eigenvalue weighted by atomic mass is 32.1. The molecule has 4 rings (SSSR count).